The molecule has 0 saturated carbocycles. The number of alkyl halides is 1. The van der Waals surface area contributed by atoms with Crippen molar-refractivity contribution in [1.82, 2.24) is 4.31 Å². The Hall–Kier alpha value is -0.580. The molecule has 3 nitrogen and oxygen atoms in total. The van der Waals surface area contributed by atoms with Crippen LogP contribution in [-0.4, -0.2) is 25.8 Å². The smallest absolute Gasteiger partial charge is 0.207 e. The summed E-state index contributed by atoms with van der Waals surface area (Å²) in [5.41, 5.74) is 2.67. The standard InChI is InChI=1S/C13H18ClNO2S/c1-10-7-12(9-14)8-13(11(10)2)18(16,17)15-5-3-4-6-15/h7-8H,3-6,9H2,1-2H3. The molecule has 0 aliphatic carbocycles. The van der Waals surface area contributed by atoms with E-state index in [1.54, 1.807) is 10.4 Å². The van der Waals surface area contributed by atoms with Crippen molar-refractivity contribution < 1.29 is 8.42 Å². The molecular formula is C13H18ClNO2S. The zero-order valence-electron chi connectivity index (χ0n) is 10.7. The number of hydrogen-bond acceptors (Lipinski definition) is 2. The minimum Gasteiger partial charge on any atom is -0.207 e. The zero-order chi connectivity index (χ0) is 13.3. The first-order valence-electron chi connectivity index (χ1n) is 6.13. The van der Waals surface area contributed by atoms with Gasteiger partial charge in [0.1, 0.15) is 0 Å². The molecule has 1 aliphatic rings. The molecule has 18 heavy (non-hydrogen) atoms. The molecule has 0 amide bonds. The van der Waals surface area contributed by atoms with Crippen LogP contribution in [0.2, 0.25) is 0 Å². The van der Waals surface area contributed by atoms with E-state index in [1.165, 1.54) is 0 Å². The van der Waals surface area contributed by atoms with Crippen molar-refractivity contribution >= 4 is 21.6 Å². The molecule has 0 radical (unpaired) electrons. The molecule has 1 heterocycles. The number of halogens is 1. The molecule has 0 spiro atoms. The largest absolute Gasteiger partial charge is 0.243 e. The summed E-state index contributed by atoms with van der Waals surface area (Å²) in [4.78, 5) is 0.417. The van der Waals surface area contributed by atoms with Crippen LogP contribution in [0.15, 0.2) is 17.0 Å². The Bertz CT molecular complexity index is 548. The highest BCUT2D eigenvalue weighted by Crippen LogP contribution is 2.27. The minimum absolute atomic E-state index is 0.337. The summed E-state index contributed by atoms with van der Waals surface area (Å²) in [7, 11) is -3.35. The fourth-order valence-corrected chi connectivity index (χ4v) is 4.33. The maximum absolute atomic E-state index is 12.6. The number of aryl methyl sites for hydroxylation is 1. The molecular weight excluding hydrogens is 270 g/mol. The van der Waals surface area contributed by atoms with Crippen LogP contribution < -0.4 is 0 Å². The van der Waals surface area contributed by atoms with E-state index in [9.17, 15) is 8.42 Å². The van der Waals surface area contributed by atoms with E-state index in [2.05, 4.69) is 0 Å². The van der Waals surface area contributed by atoms with Crippen LogP contribution in [0.1, 0.15) is 29.5 Å². The van der Waals surface area contributed by atoms with Crippen LogP contribution in [0.3, 0.4) is 0 Å². The van der Waals surface area contributed by atoms with E-state index in [-0.39, 0.29) is 0 Å². The highest BCUT2D eigenvalue weighted by atomic mass is 35.5. The van der Waals surface area contributed by atoms with Crippen LogP contribution in [0.4, 0.5) is 0 Å². The van der Waals surface area contributed by atoms with Gasteiger partial charge in [-0.1, -0.05) is 6.07 Å². The van der Waals surface area contributed by atoms with Gasteiger partial charge in [-0.2, -0.15) is 4.31 Å². The third kappa shape index (κ3) is 2.42. The fourth-order valence-electron chi connectivity index (χ4n) is 2.31. The summed E-state index contributed by atoms with van der Waals surface area (Å²) >= 11 is 5.82. The maximum Gasteiger partial charge on any atom is 0.243 e. The second kappa shape index (κ2) is 5.19. The lowest BCUT2D eigenvalue weighted by Gasteiger charge is -2.18. The molecule has 1 aliphatic heterocycles. The van der Waals surface area contributed by atoms with Gasteiger partial charge in [0, 0.05) is 19.0 Å². The molecule has 1 aromatic rings. The lowest BCUT2D eigenvalue weighted by Crippen LogP contribution is -2.28. The molecule has 5 heteroatoms. The van der Waals surface area contributed by atoms with E-state index >= 15 is 0 Å². The summed E-state index contributed by atoms with van der Waals surface area (Å²) in [6, 6.07) is 3.66. The lowest BCUT2D eigenvalue weighted by atomic mass is 10.1. The van der Waals surface area contributed by atoms with E-state index < -0.39 is 10.0 Å². The quantitative estimate of drug-likeness (QED) is 0.802. The number of sulfonamides is 1. The summed E-state index contributed by atoms with van der Waals surface area (Å²) in [6.45, 7) is 5.04. The van der Waals surface area contributed by atoms with Crippen molar-refractivity contribution in [3.8, 4) is 0 Å². The molecule has 0 aromatic heterocycles. The number of hydrogen-bond donors (Lipinski definition) is 0. The monoisotopic (exact) mass is 287 g/mol. The molecule has 100 valence electrons. The SMILES string of the molecule is Cc1cc(CCl)cc(S(=O)(=O)N2CCCC2)c1C. The highest BCUT2D eigenvalue weighted by Gasteiger charge is 2.29. The molecule has 1 aromatic carbocycles. The predicted octanol–water partition coefficient (Wildman–Crippen LogP) is 2.83. The van der Waals surface area contributed by atoms with Gasteiger partial charge >= 0.3 is 0 Å². The third-order valence-electron chi connectivity index (χ3n) is 3.52. The Morgan fingerprint density at radius 1 is 1.22 bits per heavy atom. The van der Waals surface area contributed by atoms with Gasteiger partial charge in [-0.3, -0.25) is 0 Å². The number of benzene rings is 1. The van der Waals surface area contributed by atoms with Crippen molar-refractivity contribution in [2.75, 3.05) is 13.1 Å². The first kappa shape index (κ1) is 13.8. The van der Waals surface area contributed by atoms with E-state index in [0.29, 0.717) is 23.9 Å². The molecule has 2 rings (SSSR count). The first-order valence-corrected chi connectivity index (χ1v) is 8.10. The van der Waals surface area contributed by atoms with Gasteiger partial charge in [0.05, 0.1) is 4.90 Å². The van der Waals surface area contributed by atoms with Crippen molar-refractivity contribution in [2.24, 2.45) is 0 Å². The van der Waals surface area contributed by atoms with Crippen LogP contribution >= 0.6 is 11.6 Å². The van der Waals surface area contributed by atoms with E-state index in [1.807, 2.05) is 19.9 Å². The van der Waals surface area contributed by atoms with Gasteiger partial charge in [-0.05, 0) is 49.4 Å². The Kier molecular flexibility index (Phi) is 3.99. The van der Waals surface area contributed by atoms with Crippen LogP contribution in [0.5, 0.6) is 0 Å². The van der Waals surface area contributed by atoms with Crippen molar-refractivity contribution in [2.45, 2.75) is 37.5 Å². The number of nitrogens with zero attached hydrogens (tertiary/aromatic N) is 1. The average Bonchev–Trinajstić information content (AvgIpc) is 2.86. The van der Waals surface area contributed by atoms with Crippen molar-refractivity contribution in [3.63, 3.8) is 0 Å². The normalized spacial score (nSPS) is 17.3. The lowest BCUT2D eigenvalue weighted by molar-refractivity contribution is 0.477. The van der Waals surface area contributed by atoms with Gasteiger partial charge in [0.15, 0.2) is 0 Å². The van der Waals surface area contributed by atoms with Gasteiger partial charge < -0.3 is 0 Å². The molecule has 0 N–H and O–H groups in total. The van der Waals surface area contributed by atoms with Crippen molar-refractivity contribution in [3.05, 3.63) is 28.8 Å². The van der Waals surface area contributed by atoms with E-state index in [4.69, 9.17) is 11.6 Å². The second-order valence-corrected chi connectivity index (χ2v) is 6.95. The van der Waals surface area contributed by atoms with Crippen LogP contribution in [-0.2, 0) is 15.9 Å². The predicted molar refractivity (Wildman–Crippen MR) is 73.5 cm³/mol. The average molecular weight is 288 g/mol. The Balaban J connectivity index is 2.52. The fraction of sp³-hybridized carbons (Fsp3) is 0.538. The summed E-state index contributed by atoms with van der Waals surface area (Å²) in [5.74, 6) is 0.337. The first-order chi connectivity index (χ1) is 8.46. The van der Waals surface area contributed by atoms with Crippen molar-refractivity contribution in [1.29, 1.82) is 0 Å². The summed E-state index contributed by atoms with van der Waals surface area (Å²) in [6.07, 6.45) is 1.90. The van der Waals surface area contributed by atoms with Crippen LogP contribution in [0, 0.1) is 13.8 Å². The Morgan fingerprint density at radius 3 is 2.39 bits per heavy atom. The van der Waals surface area contributed by atoms with Gasteiger partial charge in [-0.15, -0.1) is 11.6 Å². The maximum atomic E-state index is 12.6. The molecule has 0 atom stereocenters. The number of rotatable bonds is 3. The van der Waals surface area contributed by atoms with Gasteiger partial charge in [0.2, 0.25) is 10.0 Å². The minimum atomic E-state index is -3.35. The summed E-state index contributed by atoms with van der Waals surface area (Å²) in [5, 5.41) is 0. The van der Waals surface area contributed by atoms with Gasteiger partial charge in [-0.25, -0.2) is 8.42 Å². The third-order valence-corrected chi connectivity index (χ3v) is 5.85. The Labute approximate surface area is 114 Å². The zero-order valence-corrected chi connectivity index (χ0v) is 12.3. The summed E-state index contributed by atoms with van der Waals surface area (Å²) < 4.78 is 26.7. The molecule has 1 fully saturated rings. The van der Waals surface area contributed by atoms with Crippen LogP contribution in [0.25, 0.3) is 0 Å². The second-order valence-electron chi connectivity index (χ2n) is 4.78. The Morgan fingerprint density at radius 2 is 1.83 bits per heavy atom. The topological polar surface area (TPSA) is 37.4 Å². The molecule has 1 saturated heterocycles. The van der Waals surface area contributed by atoms with Gasteiger partial charge in [0.25, 0.3) is 0 Å². The molecule has 0 bridgehead atoms. The highest BCUT2D eigenvalue weighted by molar-refractivity contribution is 7.89. The molecule has 0 unspecified atom stereocenters. The van der Waals surface area contributed by atoms with E-state index in [0.717, 1.165) is 29.5 Å².